The summed E-state index contributed by atoms with van der Waals surface area (Å²) < 4.78 is 5.44. The number of pyridine rings is 1. The third kappa shape index (κ3) is 2.70. The number of aromatic nitrogens is 1. The van der Waals surface area contributed by atoms with Gasteiger partial charge < -0.3 is 14.5 Å². The molecule has 2 saturated heterocycles. The second-order valence-corrected chi connectivity index (χ2v) is 6.08. The number of nitrogens with zero attached hydrogens (tertiary/aromatic N) is 3. The van der Waals surface area contributed by atoms with Gasteiger partial charge in [0.1, 0.15) is 6.61 Å². The molecule has 6 nitrogen and oxygen atoms in total. The van der Waals surface area contributed by atoms with Gasteiger partial charge >= 0.3 is 0 Å². The van der Waals surface area contributed by atoms with Gasteiger partial charge in [0.25, 0.3) is 5.91 Å². The summed E-state index contributed by atoms with van der Waals surface area (Å²) in [6.45, 7) is 3.89. The van der Waals surface area contributed by atoms with E-state index in [4.69, 9.17) is 4.74 Å². The summed E-state index contributed by atoms with van der Waals surface area (Å²) in [4.78, 5) is 32.3. The first-order valence-corrected chi connectivity index (χ1v) is 7.61. The van der Waals surface area contributed by atoms with Crippen molar-refractivity contribution in [3.8, 4) is 0 Å². The lowest BCUT2D eigenvalue weighted by Gasteiger charge is -2.41. The van der Waals surface area contributed by atoms with Gasteiger partial charge in [0.05, 0.1) is 12.6 Å². The lowest BCUT2D eigenvalue weighted by Crippen LogP contribution is -2.54. The monoisotopic (exact) mass is 303 g/mol. The minimum atomic E-state index is -0.0121. The van der Waals surface area contributed by atoms with Crippen LogP contribution < -0.4 is 0 Å². The van der Waals surface area contributed by atoms with E-state index < -0.39 is 0 Å². The highest BCUT2D eigenvalue weighted by Gasteiger charge is 2.38. The van der Waals surface area contributed by atoms with Crippen molar-refractivity contribution in [1.29, 1.82) is 0 Å². The first-order valence-electron chi connectivity index (χ1n) is 7.61. The fourth-order valence-electron chi connectivity index (χ4n) is 3.27. The van der Waals surface area contributed by atoms with Crippen LogP contribution in [0.1, 0.15) is 22.3 Å². The second-order valence-electron chi connectivity index (χ2n) is 6.08. The van der Waals surface area contributed by atoms with Crippen molar-refractivity contribution in [2.24, 2.45) is 5.92 Å². The highest BCUT2D eigenvalue weighted by molar-refractivity contribution is 5.95. The molecule has 0 saturated carbocycles. The summed E-state index contributed by atoms with van der Waals surface area (Å²) in [6, 6.07) is 1.80. The number of likely N-dealkylation sites (N-methyl/N-ethyl adjacent to an activating group) is 1. The molecule has 2 fully saturated rings. The van der Waals surface area contributed by atoms with Gasteiger partial charge in [-0.15, -0.1) is 0 Å². The van der Waals surface area contributed by atoms with Gasteiger partial charge in [0.15, 0.2) is 0 Å². The molecule has 2 aliphatic rings. The van der Waals surface area contributed by atoms with Gasteiger partial charge in [0.2, 0.25) is 5.91 Å². The number of ether oxygens (including phenoxy) is 1. The Labute approximate surface area is 130 Å². The van der Waals surface area contributed by atoms with Crippen LogP contribution in [0.25, 0.3) is 0 Å². The Hall–Kier alpha value is -1.95. The molecule has 0 radical (unpaired) electrons. The maximum atomic E-state index is 12.7. The molecule has 1 aromatic heterocycles. The molecular formula is C16H21N3O3. The van der Waals surface area contributed by atoms with Crippen LogP contribution in [0.15, 0.2) is 18.5 Å². The summed E-state index contributed by atoms with van der Waals surface area (Å²) in [7, 11) is 1.81. The molecule has 2 amide bonds. The molecule has 3 rings (SSSR count). The van der Waals surface area contributed by atoms with Crippen LogP contribution in [0.5, 0.6) is 0 Å². The van der Waals surface area contributed by atoms with E-state index in [-0.39, 0.29) is 24.5 Å². The molecule has 1 aromatic rings. The molecule has 0 spiro atoms. The van der Waals surface area contributed by atoms with Gasteiger partial charge in [-0.05, 0) is 25.0 Å². The number of hydrogen-bond acceptors (Lipinski definition) is 4. The van der Waals surface area contributed by atoms with E-state index in [0.29, 0.717) is 31.2 Å². The molecule has 6 heteroatoms. The number of carbonyl (C=O) groups is 2. The standard InChI is InChI=1S/C16H21N3O3/c1-11-7-17-5-3-13(11)16(21)19-6-4-12-9-22-10-15(20)18(2)14(12)8-19/h3,5,7,12,14H,4,6,8-10H2,1-2H3/t12-,14-/m0/s1. The van der Waals surface area contributed by atoms with Crippen LogP contribution in [0.4, 0.5) is 0 Å². The van der Waals surface area contributed by atoms with E-state index in [1.165, 1.54) is 0 Å². The molecule has 22 heavy (non-hydrogen) atoms. The number of carbonyl (C=O) groups excluding carboxylic acids is 2. The normalized spacial score (nSPS) is 25.6. The van der Waals surface area contributed by atoms with Crippen molar-refractivity contribution in [1.82, 2.24) is 14.8 Å². The first kappa shape index (κ1) is 15.0. The average molecular weight is 303 g/mol. The highest BCUT2D eigenvalue weighted by atomic mass is 16.5. The third-order valence-electron chi connectivity index (χ3n) is 4.71. The molecule has 0 aromatic carbocycles. The third-order valence-corrected chi connectivity index (χ3v) is 4.71. The van der Waals surface area contributed by atoms with Crippen molar-refractivity contribution < 1.29 is 14.3 Å². The summed E-state index contributed by atoms with van der Waals surface area (Å²) in [5.74, 6) is 0.310. The van der Waals surface area contributed by atoms with E-state index in [1.807, 2.05) is 11.8 Å². The van der Waals surface area contributed by atoms with Crippen LogP contribution in [-0.4, -0.2) is 66.0 Å². The summed E-state index contributed by atoms with van der Waals surface area (Å²) >= 11 is 0. The molecule has 0 aliphatic carbocycles. The highest BCUT2D eigenvalue weighted by Crippen LogP contribution is 2.26. The fourth-order valence-corrected chi connectivity index (χ4v) is 3.27. The maximum absolute atomic E-state index is 12.7. The Bertz CT molecular complexity index is 590. The molecule has 2 aliphatic heterocycles. The predicted molar refractivity (Wildman–Crippen MR) is 80.4 cm³/mol. The van der Waals surface area contributed by atoms with Gasteiger partial charge in [0, 0.05) is 44.0 Å². The zero-order valence-corrected chi connectivity index (χ0v) is 13.0. The van der Waals surface area contributed by atoms with Crippen molar-refractivity contribution in [2.45, 2.75) is 19.4 Å². The van der Waals surface area contributed by atoms with Crippen molar-refractivity contribution >= 4 is 11.8 Å². The lowest BCUT2D eigenvalue weighted by molar-refractivity contribution is -0.134. The number of aryl methyl sites for hydroxylation is 1. The van der Waals surface area contributed by atoms with Crippen LogP contribution in [0, 0.1) is 12.8 Å². The SMILES string of the molecule is Cc1cnccc1C(=O)N1CC[C@H]2COCC(=O)N(C)[C@H]2C1. The number of hydrogen-bond donors (Lipinski definition) is 0. The summed E-state index contributed by atoms with van der Waals surface area (Å²) in [6.07, 6.45) is 4.20. The van der Waals surface area contributed by atoms with Crippen LogP contribution in [0.2, 0.25) is 0 Å². The quantitative estimate of drug-likeness (QED) is 0.766. The van der Waals surface area contributed by atoms with Crippen molar-refractivity contribution in [3.63, 3.8) is 0 Å². The van der Waals surface area contributed by atoms with Crippen LogP contribution in [-0.2, 0) is 9.53 Å². The zero-order valence-electron chi connectivity index (χ0n) is 13.0. The maximum Gasteiger partial charge on any atom is 0.254 e. The average Bonchev–Trinajstić information content (AvgIpc) is 2.67. The van der Waals surface area contributed by atoms with E-state index in [9.17, 15) is 9.59 Å². The summed E-state index contributed by atoms with van der Waals surface area (Å²) in [5.41, 5.74) is 1.57. The van der Waals surface area contributed by atoms with Gasteiger partial charge in [-0.2, -0.15) is 0 Å². The Morgan fingerprint density at radius 2 is 2.27 bits per heavy atom. The number of rotatable bonds is 1. The van der Waals surface area contributed by atoms with E-state index in [0.717, 1.165) is 12.0 Å². The van der Waals surface area contributed by atoms with Gasteiger partial charge in [-0.25, -0.2) is 0 Å². The molecule has 2 atom stereocenters. The zero-order chi connectivity index (χ0) is 15.7. The molecule has 118 valence electrons. The van der Waals surface area contributed by atoms with Crippen molar-refractivity contribution in [3.05, 3.63) is 29.6 Å². The smallest absolute Gasteiger partial charge is 0.254 e. The van der Waals surface area contributed by atoms with Crippen LogP contribution in [0.3, 0.4) is 0 Å². The molecular weight excluding hydrogens is 282 g/mol. The lowest BCUT2D eigenvalue weighted by atomic mass is 9.91. The Kier molecular flexibility index (Phi) is 4.11. The number of likely N-dealkylation sites (tertiary alicyclic amines) is 1. The minimum absolute atomic E-state index is 0.0121. The number of amides is 2. The Balaban J connectivity index is 1.79. The molecule has 0 bridgehead atoms. The summed E-state index contributed by atoms with van der Waals surface area (Å²) in [5, 5.41) is 0. The van der Waals surface area contributed by atoms with Crippen LogP contribution >= 0.6 is 0 Å². The fraction of sp³-hybridized carbons (Fsp3) is 0.562. The van der Waals surface area contributed by atoms with E-state index in [2.05, 4.69) is 4.98 Å². The number of piperidine rings is 1. The van der Waals surface area contributed by atoms with Crippen molar-refractivity contribution in [2.75, 3.05) is 33.4 Å². The molecule has 3 heterocycles. The minimum Gasteiger partial charge on any atom is -0.371 e. The van der Waals surface area contributed by atoms with E-state index in [1.54, 1.807) is 30.4 Å². The van der Waals surface area contributed by atoms with E-state index >= 15 is 0 Å². The number of fused-ring (bicyclic) bond motifs is 1. The Morgan fingerprint density at radius 1 is 1.45 bits per heavy atom. The largest absolute Gasteiger partial charge is 0.371 e. The topological polar surface area (TPSA) is 62.7 Å². The Morgan fingerprint density at radius 3 is 3.05 bits per heavy atom. The van der Waals surface area contributed by atoms with Gasteiger partial charge in [-0.1, -0.05) is 0 Å². The molecule has 0 N–H and O–H groups in total. The predicted octanol–water partition coefficient (Wildman–Crippen LogP) is 0.709. The second kappa shape index (κ2) is 6.04. The van der Waals surface area contributed by atoms with Gasteiger partial charge in [-0.3, -0.25) is 14.6 Å². The molecule has 0 unspecified atom stereocenters. The first-order chi connectivity index (χ1) is 10.6.